The van der Waals surface area contributed by atoms with Crippen LogP contribution < -0.4 is 15.8 Å². The Bertz CT molecular complexity index is 852. The Hall–Kier alpha value is -3.42. The Balaban J connectivity index is 1.92. The lowest BCUT2D eigenvalue weighted by Crippen LogP contribution is -2.30. The standard InChI is InChI=1S/C19H19FN2O5/c1-11-3-6-14(9-16(11)20)22-18(24)12(2)27-19(25)13-4-7-15(8-5-13)26-10-17(21)23/h3-9,12H,10H2,1-2H3,(H2,21,23)(H,22,24)/t12-/m1/s1. The number of nitrogens with two attached hydrogens (primary N) is 1. The second-order valence-electron chi connectivity index (χ2n) is 5.78. The molecule has 142 valence electrons. The second-order valence-corrected chi connectivity index (χ2v) is 5.78. The summed E-state index contributed by atoms with van der Waals surface area (Å²) in [6.45, 7) is 2.73. The van der Waals surface area contributed by atoms with Crippen LogP contribution in [0.4, 0.5) is 10.1 Å². The molecule has 2 aromatic carbocycles. The van der Waals surface area contributed by atoms with Crippen LogP contribution in [0.15, 0.2) is 42.5 Å². The number of ether oxygens (including phenoxy) is 2. The van der Waals surface area contributed by atoms with Gasteiger partial charge in [0.25, 0.3) is 11.8 Å². The summed E-state index contributed by atoms with van der Waals surface area (Å²) in [6, 6.07) is 10.1. The van der Waals surface area contributed by atoms with E-state index in [0.29, 0.717) is 11.3 Å². The fourth-order valence-electron chi connectivity index (χ4n) is 2.04. The van der Waals surface area contributed by atoms with Crippen molar-refractivity contribution in [2.75, 3.05) is 11.9 Å². The van der Waals surface area contributed by atoms with E-state index in [1.54, 1.807) is 13.0 Å². The Morgan fingerprint density at radius 1 is 1.15 bits per heavy atom. The number of carbonyl (C=O) groups is 3. The maximum absolute atomic E-state index is 13.5. The molecular formula is C19H19FN2O5. The number of amides is 2. The van der Waals surface area contributed by atoms with E-state index in [2.05, 4.69) is 5.32 Å². The number of hydrogen-bond acceptors (Lipinski definition) is 5. The SMILES string of the molecule is Cc1ccc(NC(=O)[C@@H](C)OC(=O)c2ccc(OCC(N)=O)cc2)cc1F. The van der Waals surface area contributed by atoms with E-state index < -0.39 is 29.7 Å². The normalized spacial score (nSPS) is 11.4. The lowest BCUT2D eigenvalue weighted by Gasteiger charge is -2.14. The van der Waals surface area contributed by atoms with Gasteiger partial charge in [-0.1, -0.05) is 6.07 Å². The van der Waals surface area contributed by atoms with Crippen molar-refractivity contribution in [3.8, 4) is 5.75 Å². The molecule has 0 unspecified atom stereocenters. The number of anilines is 1. The minimum atomic E-state index is -1.09. The third-order valence-electron chi connectivity index (χ3n) is 3.56. The van der Waals surface area contributed by atoms with Crippen molar-refractivity contribution < 1.29 is 28.2 Å². The third-order valence-corrected chi connectivity index (χ3v) is 3.56. The van der Waals surface area contributed by atoms with Gasteiger partial charge in [-0.25, -0.2) is 9.18 Å². The number of carbonyl (C=O) groups excluding carboxylic acids is 3. The third kappa shape index (κ3) is 5.81. The molecule has 3 N–H and O–H groups in total. The van der Waals surface area contributed by atoms with E-state index in [9.17, 15) is 18.8 Å². The van der Waals surface area contributed by atoms with Crippen LogP contribution in [0.2, 0.25) is 0 Å². The van der Waals surface area contributed by atoms with E-state index >= 15 is 0 Å². The molecule has 7 nitrogen and oxygen atoms in total. The van der Waals surface area contributed by atoms with Crippen LogP contribution in [0, 0.1) is 12.7 Å². The highest BCUT2D eigenvalue weighted by Crippen LogP contribution is 2.16. The largest absolute Gasteiger partial charge is 0.484 e. The molecule has 0 aliphatic rings. The van der Waals surface area contributed by atoms with E-state index in [4.69, 9.17) is 15.2 Å². The minimum absolute atomic E-state index is 0.197. The monoisotopic (exact) mass is 374 g/mol. The summed E-state index contributed by atoms with van der Waals surface area (Å²) in [5, 5.41) is 2.48. The molecule has 0 aromatic heterocycles. The quantitative estimate of drug-likeness (QED) is 0.722. The fourth-order valence-corrected chi connectivity index (χ4v) is 2.04. The number of aryl methyl sites for hydroxylation is 1. The summed E-state index contributed by atoms with van der Waals surface area (Å²) in [6.07, 6.45) is -1.09. The van der Waals surface area contributed by atoms with Crippen LogP contribution in [0.25, 0.3) is 0 Å². The fraction of sp³-hybridized carbons (Fsp3) is 0.211. The van der Waals surface area contributed by atoms with E-state index in [0.717, 1.165) is 0 Å². The molecule has 1 atom stereocenters. The van der Waals surface area contributed by atoms with Crippen molar-refractivity contribution in [2.45, 2.75) is 20.0 Å². The van der Waals surface area contributed by atoms with Crippen LogP contribution >= 0.6 is 0 Å². The molecular weight excluding hydrogens is 355 g/mol. The molecule has 0 radical (unpaired) electrons. The summed E-state index contributed by atoms with van der Waals surface area (Å²) in [4.78, 5) is 34.9. The van der Waals surface area contributed by atoms with Gasteiger partial charge in [0.15, 0.2) is 12.7 Å². The Labute approximate surface area is 155 Å². The predicted octanol–water partition coefficient (Wildman–Crippen LogP) is 2.18. The van der Waals surface area contributed by atoms with Gasteiger partial charge in [-0.05, 0) is 55.8 Å². The average molecular weight is 374 g/mol. The number of halogens is 1. The highest BCUT2D eigenvalue weighted by molar-refractivity contribution is 5.97. The van der Waals surface area contributed by atoms with Crippen LogP contribution in [-0.4, -0.2) is 30.5 Å². The minimum Gasteiger partial charge on any atom is -0.484 e. The number of hydrogen-bond donors (Lipinski definition) is 2. The smallest absolute Gasteiger partial charge is 0.338 e. The Morgan fingerprint density at radius 2 is 1.81 bits per heavy atom. The maximum atomic E-state index is 13.5. The van der Waals surface area contributed by atoms with Crippen molar-refractivity contribution in [3.05, 3.63) is 59.4 Å². The number of primary amides is 1. The highest BCUT2D eigenvalue weighted by Gasteiger charge is 2.19. The molecule has 0 saturated carbocycles. The first-order valence-corrected chi connectivity index (χ1v) is 8.05. The molecule has 0 heterocycles. The van der Waals surface area contributed by atoms with Crippen molar-refractivity contribution in [2.24, 2.45) is 5.73 Å². The van der Waals surface area contributed by atoms with Crippen molar-refractivity contribution in [1.82, 2.24) is 0 Å². The Kier molecular flexibility index (Phi) is 6.48. The van der Waals surface area contributed by atoms with Gasteiger partial charge in [0.05, 0.1) is 5.56 Å². The molecule has 0 aliphatic heterocycles. The predicted molar refractivity (Wildman–Crippen MR) is 95.8 cm³/mol. The van der Waals surface area contributed by atoms with Crippen LogP contribution in [0.1, 0.15) is 22.8 Å². The molecule has 0 aliphatic carbocycles. The van der Waals surface area contributed by atoms with E-state index in [1.807, 2.05) is 0 Å². The first-order valence-electron chi connectivity index (χ1n) is 8.05. The van der Waals surface area contributed by atoms with Crippen LogP contribution in [0.3, 0.4) is 0 Å². The zero-order valence-electron chi connectivity index (χ0n) is 14.8. The number of rotatable bonds is 7. The van der Waals surface area contributed by atoms with Gasteiger partial charge in [-0.2, -0.15) is 0 Å². The van der Waals surface area contributed by atoms with Gasteiger partial charge in [-0.3, -0.25) is 9.59 Å². The van der Waals surface area contributed by atoms with Gasteiger partial charge in [-0.15, -0.1) is 0 Å². The second kappa shape index (κ2) is 8.79. The summed E-state index contributed by atoms with van der Waals surface area (Å²) in [7, 11) is 0. The zero-order chi connectivity index (χ0) is 20.0. The molecule has 2 amide bonds. The summed E-state index contributed by atoms with van der Waals surface area (Å²) in [5.41, 5.74) is 5.89. The Morgan fingerprint density at radius 3 is 2.41 bits per heavy atom. The van der Waals surface area contributed by atoms with Gasteiger partial charge in [0, 0.05) is 5.69 Å². The van der Waals surface area contributed by atoms with Gasteiger partial charge >= 0.3 is 5.97 Å². The van der Waals surface area contributed by atoms with Crippen molar-refractivity contribution in [3.63, 3.8) is 0 Å². The molecule has 2 rings (SSSR count). The molecule has 2 aromatic rings. The summed E-state index contributed by atoms with van der Waals surface area (Å²) < 4.78 is 23.7. The van der Waals surface area contributed by atoms with Crippen LogP contribution in [-0.2, 0) is 14.3 Å². The molecule has 0 bridgehead atoms. The molecule has 0 saturated heterocycles. The van der Waals surface area contributed by atoms with Gasteiger partial charge in [0.2, 0.25) is 0 Å². The summed E-state index contributed by atoms with van der Waals surface area (Å²) >= 11 is 0. The van der Waals surface area contributed by atoms with Gasteiger partial charge in [0.1, 0.15) is 11.6 Å². The number of benzene rings is 2. The van der Waals surface area contributed by atoms with Crippen LogP contribution in [0.5, 0.6) is 5.75 Å². The first-order chi connectivity index (χ1) is 12.8. The van der Waals surface area contributed by atoms with Crippen molar-refractivity contribution in [1.29, 1.82) is 0 Å². The highest BCUT2D eigenvalue weighted by atomic mass is 19.1. The maximum Gasteiger partial charge on any atom is 0.338 e. The number of nitrogens with one attached hydrogen (secondary N) is 1. The van der Waals surface area contributed by atoms with Crippen molar-refractivity contribution >= 4 is 23.5 Å². The van der Waals surface area contributed by atoms with E-state index in [-0.39, 0.29) is 17.9 Å². The zero-order valence-corrected chi connectivity index (χ0v) is 14.8. The lowest BCUT2D eigenvalue weighted by molar-refractivity contribution is -0.123. The molecule has 8 heteroatoms. The molecule has 0 spiro atoms. The number of esters is 1. The van der Waals surface area contributed by atoms with Gasteiger partial charge < -0.3 is 20.5 Å². The average Bonchev–Trinajstić information content (AvgIpc) is 2.63. The lowest BCUT2D eigenvalue weighted by atomic mass is 10.2. The topological polar surface area (TPSA) is 108 Å². The first kappa shape index (κ1) is 19.9. The van der Waals surface area contributed by atoms with E-state index in [1.165, 1.54) is 43.3 Å². The summed E-state index contributed by atoms with van der Waals surface area (Å²) in [5.74, 6) is -2.01. The molecule has 0 fully saturated rings. The molecule has 27 heavy (non-hydrogen) atoms.